The van der Waals surface area contributed by atoms with Crippen molar-refractivity contribution in [3.05, 3.63) is 45.4 Å². The van der Waals surface area contributed by atoms with Gasteiger partial charge in [0.2, 0.25) is 11.8 Å². The lowest BCUT2D eigenvalue weighted by Gasteiger charge is -2.23. The number of aromatic nitrogens is 1. The fraction of sp³-hybridized carbons (Fsp3) is 0.476. The molecule has 0 bridgehead atoms. The number of carbonyl (C=O) groups is 2. The molecule has 0 atom stereocenters. The van der Waals surface area contributed by atoms with Crippen molar-refractivity contribution in [3.63, 3.8) is 0 Å². The number of amides is 2. The standard InChI is InChI=1S/C21H30N4O2S/c1-14-7-8-15(2)17(9-14)23-18(26)10-20-22-16(13-28-20)11-25(6)12-19(27)24-21(3,4)5/h7-9,13H,10-12H2,1-6H3,(H,23,26)(H,24,27). The second kappa shape index (κ2) is 9.30. The Morgan fingerprint density at radius 2 is 1.89 bits per heavy atom. The summed E-state index contributed by atoms with van der Waals surface area (Å²) in [5.41, 5.74) is 3.61. The van der Waals surface area contributed by atoms with Crippen LogP contribution < -0.4 is 10.6 Å². The SMILES string of the molecule is Cc1ccc(C)c(NC(=O)Cc2nc(CN(C)CC(=O)NC(C)(C)C)cs2)c1. The number of nitrogens with one attached hydrogen (secondary N) is 2. The minimum atomic E-state index is -0.241. The summed E-state index contributed by atoms with van der Waals surface area (Å²) in [6, 6.07) is 5.99. The van der Waals surface area contributed by atoms with Crippen molar-refractivity contribution in [1.82, 2.24) is 15.2 Å². The molecule has 1 aromatic carbocycles. The van der Waals surface area contributed by atoms with E-state index in [0.717, 1.165) is 27.5 Å². The Balaban J connectivity index is 1.87. The van der Waals surface area contributed by atoms with Gasteiger partial charge in [-0.05, 0) is 58.9 Å². The van der Waals surface area contributed by atoms with Crippen LogP contribution in [0.3, 0.4) is 0 Å². The van der Waals surface area contributed by atoms with E-state index in [9.17, 15) is 9.59 Å². The molecule has 28 heavy (non-hydrogen) atoms. The molecule has 2 amide bonds. The highest BCUT2D eigenvalue weighted by Gasteiger charge is 2.16. The average molecular weight is 403 g/mol. The molecule has 2 aromatic rings. The molecule has 0 aliphatic carbocycles. The predicted octanol–water partition coefficient (Wildman–Crippen LogP) is 3.29. The summed E-state index contributed by atoms with van der Waals surface area (Å²) in [6.45, 7) is 10.7. The van der Waals surface area contributed by atoms with Gasteiger partial charge in [-0.2, -0.15) is 0 Å². The lowest BCUT2D eigenvalue weighted by atomic mass is 10.1. The largest absolute Gasteiger partial charge is 0.350 e. The molecule has 2 rings (SSSR count). The second-order valence-electron chi connectivity index (χ2n) is 8.25. The van der Waals surface area contributed by atoms with Crippen LogP contribution in [-0.4, -0.2) is 40.8 Å². The number of aryl methyl sites for hydroxylation is 2. The molecule has 0 saturated carbocycles. The Hall–Kier alpha value is -2.25. The summed E-state index contributed by atoms with van der Waals surface area (Å²) < 4.78 is 0. The van der Waals surface area contributed by atoms with Gasteiger partial charge in [-0.3, -0.25) is 14.5 Å². The van der Waals surface area contributed by atoms with Gasteiger partial charge in [0, 0.05) is 23.2 Å². The third kappa shape index (κ3) is 7.40. The minimum absolute atomic E-state index is 0.0154. The first kappa shape index (κ1) is 22.0. The smallest absolute Gasteiger partial charge is 0.234 e. The van der Waals surface area contributed by atoms with Crippen molar-refractivity contribution in [2.45, 2.75) is 53.1 Å². The lowest BCUT2D eigenvalue weighted by Crippen LogP contribution is -2.45. The number of nitrogens with zero attached hydrogens (tertiary/aromatic N) is 2. The van der Waals surface area contributed by atoms with Crippen LogP contribution in [0.15, 0.2) is 23.6 Å². The van der Waals surface area contributed by atoms with E-state index >= 15 is 0 Å². The summed E-state index contributed by atoms with van der Waals surface area (Å²) >= 11 is 1.47. The summed E-state index contributed by atoms with van der Waals surface area (Å²) in [4.78, 5) is 30.8. The quantitative estimate of drug-likeness (QED) is 0.745. The van der Waals surface area contributed by atoms with Crippen molar-refractivity contribution in [1.29, 1.82) is 0 Å². The molecule has 0 aliphatic rings. The first-order valence-electron chi connectivity index (χ1n) is 9.32. The van der Waals surface area contributed by atoms with Crippen LogP contribution in [0.25, 0.3) is 0 Å². The molecule has 0 fully saturated rings. The van der Waals surface area contributed by atoms with Gasteiger partial charge in [0.05, 0.1) is 18.7 Å². The fourth-order valence-electron chi connectivity index (χ4n) is 2.74. The summed E-state index contributed by atoms with van der Waals surface area (Å²) in [5.74, 6) is -0.0918. The zero-order valence-corrected chi connectivity index (χ0v) is 18.4. The van der Waals surface area contributed by atoms with E-state index in [2.05, 4.69) is 15.6 Å². The predicted molar refractivity (Wildman–Crippen MR) is 115 cm³/mol. The number of thiazole rings is 1. The molecule has 0 unspecified atom stereocenters. The molecule has 0 radical (unpaired) electrons. The first-order valence-corrected chi connectivity index (χ1v) is 10.2. The van der Waals surface area contributed by atoms with Crippen LogP contribution in [0, 0.1) is 13.8 Å². The maximum atomic E-state index is 12.3. The molecule has 0 aliphatic heterocycles. The van der Waals surface area contributed by atoms with Crippen molar-refractivity contribution >= 4 is 28.8 Å². The highest BCUT2D eigenvalue weighted by Crippen LogP contribution is 2.18. The summed E-state index contributed by atoms with van der Waals surface area (Å²) in [7, 11) is 1.88. The van der Waals surface area contributed by atoms with Gasteiger partial charge in [0.25, 0.3) is 0 Å². The summed E-state index contributed by atoms with van der Waals surface area (Å²) in [6.07, 6.45) is 0.242. The van der Waals surface area contributed by atoms with Gasteiger partial charge in [-0.25, -0.2) is 4.98 Å². The van der Waals surface area contributed by atoms with Gasteiger partial charge in [0.15, 0.2) is 0 Å². The highest BCUT2D eigenvalue weighted by molar-refractivity contribution is 7.09. The third-order valence-electron chi connectivity index (χ3n) is 3.94. The lowest BCUT2D eigenvalue weighted by molar-refractivity contribution is -0.123. The monoisotopic (exact) mass is 402 g/mol. The number of carbonyl (C=O) groups excluding carboxylic acids is 2. The maximum absolute atomic E-state index is 12.3. The summed E-state index contributed by atoms with van der Waals surface area (Å²) in [5, 5.41) is 8.62. The van der Waals surface area contributed by atoms with Crippen LogP contribution in [0.1, 0.15) is 42.6 Å². The molecule has 1 heterocycles. The topological polar surface area (TPSA) is 74.3 Å². The van der Waals surface area contributed by atoms with Gasteiger partial charge < -0.3 is 10.6 Å². The molecular formula is C21H30N4O2S. The Bertz CT molecular complexity index is 839. The number of likely N-dealkylation sites (N-methyl/N-ethyl adjacent to an activating group) is 1. The maximum Gasteiger partial charge on any atom is 0.234 e. The molecule has 0 spiro atoms. The van der Waals surface area contributed by atoms with Crippen molar-refractivity contribution in [2.24, 2.45) is 0 Å². The molecule has 7 heteroatoms. The number of rotatable bonds is 7. The molecule has 0 saturated heterocycles. The van der Waals surface area contributed by atoms with E-state index in [0.29, 0.717) is 13.1 Å². The van der Waals surface area contributed by atoms with Gasteiger partial charge in [-0.1, -0.05) is 12.1 Å². The van der Waals surface area contributed by atoms with E-state index in [1.54, 1.807) is 0 Å². The van der Waals surface area contributed by atoms with E-state index in [4.69, 9.17) is 0 Å². The first-order chi connectivity index (χ1) is 13.0. The Kier molecular flexibility index (Phi) is 7.32. The number of hydrogen-bond acceptors (Lipinski definition) is 5. The Morgan fingerprint density at radius 1 is 1.18 bits per heavy atom. The molecular weight excluding hydrogens is 372 g/mol. The van der Waals surface area contributed by atoms with E-state index < -0.39 is 0 Å². The number of anilines is 1. The van der Waals surface area contributed by atoms with Crippen molar-refractivity contribution < 1.29 is 9.59 Å². The van der Waals surface area contributed by atoms with Crippen LogP contribution in [0.4, 0.5) is 5.69 Å². The van der Waals surface area contributed by atoms with Crippen molar-refractivity contribution in [3.8, 4) is 0 Å². The zero-order chi connectivity index (χ0) is 20.9. The Labute approximate surface area is 171 Å². The van der Waals surface area contributed by atoms with Crippen LogP contribution in [0.2, 0.25) is 0 Å². The van der Waals surface area contributed by atoms with Gasteiger partial charge in [0.1, 0.15) is 5.01 Å². The van der Waals surface area contributed by atoms with E-state index in [1.165, 1.54) is 11.3 Å². The normalized spacial score (nSPS) is 11.5. The van der Waals surface area contributed by atoms with E-state index in [-0.39, 0.29) is 23.8 Å². The van der Waals surface area contributed by atoms with Crippen LogP contribution >= 0.6 is 11.3 Å². The third-order valence-corrected chi connectivity index (χ3v) is 4.84. The molecule has 152 valence electrons. The zero-order valence-electron chi connectivity index (χ0n) is 17.5. The number of hydrogen-bond donors (Lipinski definition) is 2. The molecule has 6 nitrogen and oxygen atoms in total. The van der Waals surface area contributed by atoms with Crippen molar-refractivity contribution in [2.75, 3.05) is 18.9 Å². The highest BCUT2D eigenvalue weighted by atomic mass is 32.1. The van der Waals surface area contributed by atoms with Gasteiger partial charge in [-0.15, -0.1) is 11.3 Å². The molecule has 1 aromatic heterocycles. The van der Waals surface area contributed by atoms with Crippen LogP contribution in [-0.2, 0) is 22.6 Å². The van der Waals surface area contributed by atoms with Gasteiger partial charge >= 0.3 is 0 Å². The minimum Gasteiger partial charge on any atom is -0.350 e. The van der Waals surface area contributed by atoms with Crippen LogP contribution in [0.5, 0.6) is 0 Å². The average Bonchev–Trinajstić information content (AvgIpc) is 2.95. The van der Waals surface area contributed by atoms with E-state index in [1.807, 2.05) is 70.1 Å². The fourth-order valence-corrected chi connectivity index (χ4v) is 3.52. The number of benzene rings is 1. The second-order valence-corrected chi connectivity index (χ2v) is 9.19. The molecule has 2 N–H and O–H groups in total. The Morgan fingerprint density at radius 3 is 2.57 bits per heavy atom.